The lowest BCUT2D eigenvalue weighted by atomic mass is 10.2. The average Bonchev–Trinajstić information content (AvgIpc) is 2.05. The molecule has 9 heteroatoms. The fourth-order valence-electron chi connectivity index (χ4n) is 1.00. The molecule has 0 N–H and O–H groups in total. The Balaban J connectivity index is 3.73. The molecule has 0 aromatic heterocycles. The molecule has 16 heavy (non-hydrogen) atoms. The average molecular weight is 342 g/mol. The maximum Gasteiger partial charge on any atom is 0.420 e. The predicted molar refractivity (Wildman–Crippen MR) is 52.1 cm³/mol. The van der Waals surface area contributed by atoms with Gasteiger partial charge in [0.2, 0.25) is 0 Å². The van der Waals surface area contributed by atoms with Gasteiger partial charge in [-0.2, -0.15) is 13.2 Å². The van der Waals surface area contributed by atoms with Gasteiger partial charge in [-0.1, -0.05) is 0 Å². The summed E-state index contributed by atoms with van der Waals surface area (Å²) in [6, 6.07) is 1.41. The largest absolute Gasteiger partial charge is 0.420 e. The van der Waals surface area contributed by atoms with Gasteiger partial charge in [0, 0.05) is 10.7 Å². The van der Waals surface area contributed by atoms with Crippen LogP contribution in [-0.2, 0) is 15.2 Å². The molecule has 0 aliphatic rings. The highest BCUT2D eigenvalue weighted by atomic mass is 79.9. The van der Waals surface area contributed by atoms with Crippen molar-refractivity contribution in [2.45, 2.75) is 11.1 Å². The minimum atomic E-state index is -5.15. The van der Waals surface area contributed by atoms with E-state index < -0.39 is 36.0 Å². The molecule has 1 aromatic rings. The summed E-state index contributed by atoms with van der Waals surface area (Å²) in [5.74, 6) is -1.71. The van der Waals surface area contributed by atoms with Gasteiger partial charge in [-0.05, 0) is 28.1 Å². The monoisotopic (exact) mass is 340 g/mol. The molecule has 1 aromatic carbocycles. The van der Waals surface area contributed by atoms with Crippen molar-refractivity contribution in [3.8, 4) is 0 Å². The molecule has 0 spiro atoms. The third-order valence-electron chi connectivity index (χ3n) is 1.60. The molecular weight excluding hydrogens is 339 g/mol. The van der Waals surface area contributed by atoms with Gasteiger partial charge in [-0.3, -0.25) is 0 Å². The van der Waals surface area contributed by atoms with Crippen molar-refractivity contribution < 1.29 is 26.0 Å². The first-order valence-corrected chi connectivity index (χ1v) is 6.65. The van der Waals surface area contributed by atoms with E-state index in [1.807, 2.05) is 0 Å². The summed E-state index contributed by atoms with van der Waals surface area (Å²) < 4.78 is 71.7. The summed E-state index contributed by atoms with van der Waals surface area (Å²) in [4.78, 5) is -1.30. The van der Waals surface area contributed by atoms with Gasteiger partial charge in [-0.25, -0.2) is 12.8 Å². The smallest absolute Gasteiger partial charge is 0.207 e. The number of hydrogen-bond donors (Lipinski definition) is 0. The van der Waals surface area contributed by atoms with E-state index in [1.165, 1.54) is 0 Å². The van der Waals surface area contributed by atoms with E-state index in [0.29, 0.717) is 6.07 Å². The van der Waals surface area contributed by atoms with Crippen LogP contribution in [-0.4, -0.2) is 8.42 Å². The first kappa shape index (κ1) is 13.7. The number of halogens is 6. The Morgan fingerprint density at radius 2 is 1.75 bits per heavy atom. The lowest BCUT2D eigenvalue weighted by Gasteiger charge is -2.12. The molecule has 1 rings (SSSR count). The van der Waals surface area contributed by atoms with Crippen molar-refractivity contribution in [2.75, 3.05) is 0 Å². The number of benzene rings is 1. The first-order valence-electron chi connectivity index (χ1n) is 3.55. The van der Waals surface area contributed by atoms with Crippen LogP contribution in [0.2, 0.25) is 0 Å². The Kier molecular flexibility index (Phi) is 3.56. The van der Waals surface area contributed by atoms with Crippen LogP contribution < -0.4 is 0 Å². The lowest BCUT2D eigenvalue weighted by molar-refractivity contribution is -0.142. The van der Waals surface area contributed by atoms with Gasteiger partial charge in [0.15, 0.2) is 5.82 Å². The molecule has 0 amide bonds. The summed E-state index contributed by atoms with van der Waals surface area (Å²) in [6.45, 7) is 0. The van der Waals surface area contributed by atoms with E-state index in [2.05, 4.69) is 15.9 Å². The molecule has 0 unspecified atom stereocenters. The summed E-state index contributed by atoms with van der Waals surface area (Å²) in [5, 5.41) is 0. The highest BCUT2D eigenvalue weighted by molar-refractivity contribution is 9.10. The van der Waals surface area contributed by atoms with E-state index >= 15 is 0 Å². The zero-order chi connectivity index (χ0) is 12.7. The van der Waals surface area contributed by atoms with Gasteiger partial charge in [0.05, 0.1) is 9.37 Å². The van der Waals surface area contributed by atoms with Crippen molar-refractivity contribution in [2.24, 2.45) is 0 Å². The van der Waals surface area contributed by atoms with Gasteiger partial charge < -0.3 is 0 Å². The molecule has 0 bridgehead atoms. The fourth-order valence-corrected chi connectivity index (χ4v) is 2.40. The molecule has 0 aliphatic heterocycles. The number of hydrogen-bond acceptors (Lipinski definition) is 2. The van der Waals surface area contributed by atoms with Crippen LogP contribution in [0.15, 0.2) is 21.5 Å². The molecule has 0 fully saturated rings. The Bertz CT molecular complexity index is 526. The first-order chi connectivity index (χ1) is 7.05. The molecule has 0 heterocycles. The quantitative estimate of drug-likeness (QED) is 0.578. The maximum absolute atomic E-state index is 13.2. The second-order valence-corrected chi connectivity index (χ2v) is 6.06. The highest BCUT2D eigenvalue weighted by Crippen LogP contribution is 2.39. The van der Waals surface area contributed by atoms with Crippen LogP contribution in [0.4, 0.5) is 17.6 Å². The third-order valence-corrected chi connectivity index (χ3v) is 3.58. The van der Waals surface area contributed by atoms with E-state index in [4.69, 9.17) is 10.7 Å². The zero-order valence-electron chi connectivity index (χ0n) is 7.15. The normalized spacial score (nSPS) is 12.9. The topological polar surface area (TPSA) is 34.1 Å². The predicted octanol–water partition coefficient (Wildman–Crippen LogP) is 3.53. The molecular formula is C7H2BrClF4O2S. The SMILES string of the molecule is O=S(=O)(Cl)c1ccc(Br)c(F)c1C(F)(F)F. The van der Waals surface area contributed by atoms with E-state index in [0.717, 1.165) is 6.07 Å². The van der Waals surface area contributed by atoms with Gasteiger partial charge in [0.1, 0.15) is 5.56 Å². The zero-order valence-corrected chi connectivity index (χ0v) is 10.3. The maximum atomic E-state index is 13.2. The Morgan fingerprint density at radius 3 is 2.12 bits per heavy atom. The molecule has 0 saturated heterocycles. The van der Waals surface area contributed by atoms with Crippen molar-refractivity contribution in [3.05, 3.63) is 28.0 Å². The van der Waals surface area contributed by atoms with Crippen molar-refractivity contribution in [3.63, 3.8) is 0 Å². The van der Waals surface area contributed by atoms with Gasteiger partial charge in [-0.15, -0.1) is 0 Å². The van der Waals surface area contributed by atoms with E-state index in [-0.39, 0.29) is 0 Å². The van der Waals surface area contributed by atoms with Crippen molar-refractivity contribution >= 4 is 35.7 Å². The molecule has 0 atom stereocenters. The van der Waals surface area contributed by atoms with Gasteiger partial charge >= 0.3 is 6.18 Å². The molecule has 0 radical (unpaired) electrons. The van der Waals surface area contributed by atoms with Crippen LogP contribution in [0, 0.1) is 5.82 Å². The Morgan fingerprint density at radius 1 is 1.25 bits per heavy atom. The highest BCUT2D eigenvalue weighted by Gasteiger charge is 2.40. The Hall–Kier alpha value is -0.340. The number of alkyl halides is 3. The summed E-state index contributed by atoms with van der Waals surface area (Å²) in [6.07, 6.45) is -5.15. The van der Waals surface area contributed by atoms with Crippen LogP contribution >= 0.6 is 26.6 Å². The molecule has 0 aliphatic carbocycles. The van der Waals surface area contributed by atoms with Crippen LogP contribution in [0.1, 0.15) is 5.56 Å². The van der Waals surface area contributed by atoms with Crippen molar-refractivity contribution in [1.29, 1.82) is 0 Å². The van der Waals surface area contributed by atoms with Gasteiger partial charge in [0.25, 0.3) is 9.05 Å². The summed E-state index contributed by atoms with van der Waals surface area (Å²) >= 11 is 2.53. The minimum Gasteiger partial charge on any atom is -0.207 e. The Labute approximate surface area is 101 Å². The van der Waals surface area contributed by atoms with Crippen LogP contribution in [0.5, 0.6) is 0 Å². The van der Waals surface area contributed by atoms with Crippen LogP contribution in [0.3, 0.4) is 0 Å². The van der Waals surface area contributed by atoms with E-state index in [9.17, 15) is 26.0 Å². The summed E-state index contributed by atoms with van der Waals surface area (Å²) in [5.41, 5.74) is -1.91. The van der Waals surface area contributed by atoms with Crippen molar-refractivity contribution in [1.82, 2.24) is 0 Å². The number of rotatable bonds is 1. The molecule has 0 saturated carbocycles. The van der Waals surface area contributed by atoms with E-state index in [1.54, 1.807) is 0 Å². The minimum absolute atomic E-state index is 0.496. The third kappa shape index (κ3) is 2.67. The lowest BCUT2D eigenvalue weighted by Crippen LogP contribution is -2.13. The second-order valence-electron chi connectivity index (χ2n) is 2.67. The summed E-state index contributed by atoms with van der Waals surface area (Å²) in [7, 11) is 0.120. The molecule has 90 valence electrons. The van der Waals surface area contributed by atoms with Crippen LogP contribution in [0.25, 0.3) is 0 Å². The standard InChI is InChI=1S/C7H2BrClF4O2S/c8-3-1-2-4(16(9,14)15)5(6(3)10)7(11,12)13/h1-2H. The fraction of sp³-hybridized carbons (Fsp3) is 0.143. The second kappa shape index (κ2) is 4.15. The molecule has 2 nitrogen and oxygen atoms in total.